The van der Waals surface area contributed by atoms with Crippen molar-refractivity contribution in [2.45, 2.75) is 33.1 Å². The van der Waals surface area contributed by atoms with Gasteiger partial charge in [-0.3, -0.25) is 9.59 Å². The average Bonchev–Trinajstić information content (AvgIpc) is 3.46. The second-order valence-electron chi connectivity index (χ2n) is 6.71. The Morgan fingerprint density at radius 3 is 2.07 bits per heavy atom. The first-order valence-electron chi connectivity index (χ1n) is 9.12. The Morgan fingerprint density at radius 1 is 0.926 bits per heavy atom. The third-order valence-corrected chi connectivity index (χ3v) is 4.90. The molecule has 2 aromatic rings. The molecule has 0 radical (unpaired) electrons. The van der Waals surface area contributed by atoms with Crippen molar-refractivity contribution < 1.29 is 18.4 Å². The fourth-order valence-electron chi connectivity index (χ4n) is 3.20. The van der Waals surface area contributed by atoms with Crippen LogP contribution < -0.4 is 10.6 Å². The zero-order valence-electron chi connectivity index (χ0n) is 15.3. The van der Waals surface area contributed by atoms with Crippen molar-refractivity contribution >= 4 is 23.2 Å². The Morgan fingerprint density at radius 2 is 1.52 bits per heavy atom. The highest BCUT2D eigenvalue weighted by Gasteiger charge is 2.48. The summed E-state index contributed by atoms with van der Waals surface area (Å²) in [7, 11) is 0. The van der Waals surface area contributed by atoms with E-state index in [0.717, 1.165) is 41.8 Å². The van der Waals surface area contributed by atoms with Crippen molar-refractivity contribution in [1.82, 2.24) is 0 Å². The minimum atomic E-state index is -1.03. The zero-order valence-corrected chi connectivity index (χ0v) is 15.3. The maximum atomic E-state index is 13.2. The van der Waals surface area contributed by atoms with E-state index in [9.17, 15) is 18.4 Å². The van der Waals surface area contributed by atoms with Crippen molar-refractivity contribution in [1.29, 1.82) is 0 Å². The maximum absolute atomic E-state index is 13.2. The molecular weight excluding hydrogens is 350 g/mol. The number of hydrogen-bond acceptors (Lipinski definition) is 2. The fraction of sp³-hybridized carbons (Fsp3) is 0.333. The van der Waals surface area contributed by atoms with E-state index in [0.29, 0.717) is 6.42 Å². The molecule has 142 valence electrons. The summed E-state index contributed by atoms with van der Waals surface area (Å²) in [6.45, 7) is 4.05. The summed E-state index contributed by atoms with van der Waals surface area (Å²) in [5, 5.41) is 5.52. The van der Waals surface area contributed by atoms with Crippen LogP contribution in [-0.4, -0.2) is 11.8 Å². The molecule has 0 spiro atoms. The highest BCUT2D eigenvalue weighted by Crippen LogP contribution is 2.40. The molecule has 2 amide bonds. The molecule has 0 saturated heterocycles. The number of carbonyl (C=O) groups excluding carboxylic acids is 2. The lowest BCUT2D eigenvalue weighted by molar-refractivity contribution is -0.122. The van der Waals surface area contributed by atoms with Crippen LogP contribution in [0.2, 0.25) is 0 Å². The fourth-order valence-corrected chi connectivity index (χ4v) is 3.20. The van der Waals surface area contributed by atoms with Crippen LogP contribution >= 0.6 is 0 Å². The van der Waals surface area contributed by atoms with Crippen molar-refractivity contribution in [3.8, 4) is 0 Å². The van der Waals surface area contributed by atoms with Gasteiger partial charge in [0.25, 0.3) is 0 Å². The first kappa shape index (κ1) is 19.0. The van der Waals surface area contributed by atoms with E-state index in [1.165, 1.54) is 6.07 Å². The maximum Gasteiger partial charge on any atom is 0.228 e. The third kappa shape index (κ3) is 4.15. The summed E-state index contributed by atoms with van der Waals surface area (Å²) in [6.07, 6.45) is 2.04. The van der Waals surface area contributed by atoms with Crippen molar-refractivity contribution in [3.05, 3.63) is 59.2 Å². The molecule has 2 unspecified atom stereocenters. The number of aryl methyl sites for hydroxylation is 2. The molecule has 1 aliphatic carbocycles. The monoisotopic (exact) mass is 372 g/mol. The number of halogens is 2. The van der Waals surface area contributed by atoms with Gasteiger partial charge in [0, 0.05) is 17.4 Å². The van der Waals surface area contributed by atoms with Crippen LogP contribution in [0.15, 0.2) is 36.4 Å². The van der Waals surface area contributed by atoms with Crippen LogP contribution in [-0.2, 0) is 22.4 Å². The van der Waals surface area contributed by atoms with Gasteiger partial charge in [-0.25, -0.2) is 8.78 Å². The first-order valence-corrected chi connectivity index (χ1v) is 9.12. The molecule has 2 atom stereocenters. The van der Waals surface area contributed by atoms with Gasteiger partial charge in [0.15, 0.2) is 11.6 Å². The molecule has 6 heteroatoms. The SMILES string of the molecule is CCc1cccc(CC)c1NC(=O)C1CC1C(=O)Nc1ccc(F)c(F)c1. The number of rotatable bonds is 6. The lowest BCUT2D eigenvalue weighted by Crippen LogP contribution is -2.21. The number of carbonyl (C=O) groups is 2. The van der Waals surface area contributed by atoms with E-state index in [4.69, 9.17) is 0 Å². The molecule has 2 aromatic carbocycles. The Bertz CT molecular complexity index is 860. The van der Waals surface area contributed by atoms with Crippen molar-refractivity contribution in [2.75, 3.05) is 10.6 Å². The molecule has 27 heavy (non-hydrogen) atoms. The number of nitrogens with one attached hydrogen (secondary N) is 2. The first-order chi connectivity index (χ1) is 12.9. The highest BCUT2D eigenvalue weighted by atomic mass is 19.2. The minimum absolute atomic E-state index is 0.176. The van der Waals surface area contributed by atoms with E-state index in [1.54, 1.807) is 0 Å². The van der Waals surface area contributed by atoms with Crippen molar-refractivity contribution in [3.63, 3.8) is 0 Å². The third-order valence-electron chi connectivity index (χ3n) is 4.90. The van der Waals surface area contributed by atoms with E-state index in [1.807, 2.05) is 32.0 Å². The molecule has 3 rings (SSSR count). The van der Waals surface area contributed by atoms with Gasteiger partial charge in [-0.2, -0.15) is 0 Å². The second-order valence-corrected chi connectivity index (χ2v) is 6.71. The Labute approximate surface area is 157 Å². The molecule has 0 aliphatic heterocycles. The van der Waals surface area contributed by atoms with Gasteiger partial charge in [0.2, 0.25) is 11.8 Å². The summed E-state index contributed by atoms with van der Waals surface area (Å²) < 4.78 is 26.2. The topological polar surface area (TPSA) is 58.2 Å². The molecule has 1 fully saturated rings. The predicted octanol–water partition coefficient (Wildman–Crippen LogP) is 4.30. The van der Waals surface area contributed by atoms with Gasteiger partial charge >= 0.3 is 0 Å². The Kier molecular flexibility index (Phi) is 5.54. The normalized spacial score (nSPS) is 18.1. The van der Waals surface area contributed by atoms with E-state index in [2.05, 4.69) is 10.6 Å². The van der Waals surface area contributed by atoms with Crippen LogP contribution in [0, 0.1) is 23.5 Å². The van der Waals surface area contributed by atoms with Crippen LogP contribution in [0.25, 0.3) is 0 Å². The molecule has 0 heterocycles. The molecule has 4 nitrogen and oxygen atoms in total. The number of amides is 2. The van der Waals surface area contributed by atoms with Gasteiger partial charge in [0.1, 0.15) is 0 Å². The number of para-hydroxylation sites is 1. The van der Waals surface area contributed by atoms with Crippen LogP contribution in [0.4, 0.5) is 20.2 Å². The Balaban J connectivity index is 1.64. The van der Waals surface area contributed by atoms with E-state index in [-0.39, 0.29) is 17.5 Å². The molecule has 1 saturated carbocycles. The minimum Gasteiger partial charge on any atom is -0.326 e. The standard InChI is InChI=1S/C21H22F2N2O2/c1-3-12-6-5-7-13(4-2)19(12)25-21(27)16-11-15(16)20(26)24-14-8-9-17(22)18(23)10-14/h5-10,15-16H,3-4,11H2,1-2H3,(H,24,26)(H,25,27). The van der Waals surface area contributed by atoms with Crippen LogP contribution in [0.1, 0.15) is 31.4 Å². The summed E-state index contributed by atoms with van der Waals surface area (Å²) in [5.74, 6) is -3.42. The largest absolute Gasteiger partial charge is 0.326 e. The van der Waals surface area contributed by atoms with E-state index < -0.39 is 23.5 Å². The quantitative estimate of drug-likeness (QED) is 0.794. The lowest BCUT2D eigenvalue weighted by Gasteiger charge is -2.14. The molecule has 0 bridgehead atoms. The van der Waals surface area contributed by atoms with Crippen LogP contribution in [0.3, 0.4) is 0 Å². The van der Waals surface area contributed by atoms with E-state index >= 15 is 0 Å². The summed E-state index contributed by atoms with van der Waals surface area (Å²) in [6, 6.07) is 9.11. The second kappa shape index (κ2) is 7.86. The average molecular weight is 372 g/mol. The number of benzene rings is 2. The molecular formula is C21H22F2N2O2. The summed E-state index contributed by atoms with van der Waals surface area (Å²) >= 11 is 0. The van der Waals surface area contributed by atoms with Gasteiger partial charge < -0.3 is 10.6 Å². The van der Waals surface area contributed by atoms with Crippen molar-refractivity contribution in [2.24, 2.45) is 11.8 Å². The molecule has 1 aliphatic rings. The Hall–Kier alpha value is -2.76. The molecule has 2 N–H and O–H groups in total. The highest BCUT2D eigenvalue weighted by molar-refractivity contribution is 6.03. The smallest absolute Gasteiger partial charge is 0.228 e. The predicted molar refractivity (Wildman–Crippen MR) is 100 cm³/mol. The zero-order chi connectivity index (χ0) is 19.6. The van der Waals surface area contributed by atoms with Gasteiger partial charge in [0.05, 0.1) is 11.8 Å². The van der Waals surface area contributed by atoms with Gasteiger partial charge in [-0.15, -0.1) is 0 Å². The van der Waals surface area contributed by atoms with Gasteiger partial charge in [-0.1, -0.05) is 32.0 Å². The lowest BCUT2D eigenvalue weighted by atomic mass is 10.0. The molecule has 0 aromatic heterocycles. The summed E-state index contributed by atoms with van der Waals surface area (Å²) in [4.78, 5) is 24.9. The van der Waals surface area contributed by atoms with Gasteiger partial charge in [-0.05, 0) is 42.5 Å². The summed E-state index contributed by atoms with van der Waals surface area (Å²) in [5.41, 5.74) is 3.13. The number of anilines is 2. The number of hydrogen-bond donors (Lipinski definition) is 2. The van der Waals surface area contributed by atoms with Crippen LogP contribution in [0.5, 0.6) is 0 Å².